The fourth-order valence-corrected chi connectivity index (χ4v) is 4.08. The zero-order valence-corrected chi connectivity index (χ0v) is 17.3. The maximum Gasteiger partial charge on any atom is 0.214 e. The van der Waals surface area contributed by atoms with Crippen LogP contribution >= 0.6 is 15.9 Å². The van der Waals surface area contributed by atoms with E-state index < -0.39 is 0 Å². The number of aliphatic imine (C=N–C) groups is 1. The first-order valence-electron chi connectivity index (χ1n) is 9.16. The zero-order valence-electron chi connectivity index (χ0n) is 15.7. The molecule has 3 rings (SSSR count). The fraction of sp³-hybridized carbons (Fsp3) is 0.500. The normalized spacial score (nSPS) is 16.7. The number of rotatable bonds is 5. The summed E-state index contributed by atoms with van der Waals surface area (Å²) in [5, 5.41) is 6.82. The van der Waals surface area contributed by atoms with Crippen LogP contribution in [0, 0.1) is 13.8 Å². The van der Waals surface area contributed by atoms with Gasteiger partial charge < -0.3 is 15.1 Å². The number of nitrogens with one attached hydrogen (secondary N) is 2. The van der Waals surface area contributed by atoms with Crippen LogP contribution < -0.4 is 10.6 Å². The van der Waals surface area contributed by atoms with E-state index in [-0.39, 0.29) is 5.41 Å². The molecule has 0 spiro atoms. The molecule has 1 aliphatic carbocycles. The SMILES string of the molecule is CN=C(NCc1nc(C)c(C)o1)NCC1(c2cccc(Br)c2)CCCC1. The van der Waals surface area contributed by atoms with E-state index in [0.29, 0.717) is 12.4 Å². The number of hydrogen-bond donors (Lipinski definition) is 2. The number of hydrogen-bond acceptors (Lipinski definition) is 3. The third-order valence-electron chi connectivity index (χ3n) is 5.30. The molecule has 1 aromatic carbocycles. The Kier molecular flexibility index (Phi) is 6.01. The van der Waals surface area contributed by atoms with E-state index in [2.05, 4.69) is 60.8 Å². The smallest absolute Gasteiger partial charge is 0.214 e. The Hall–Kier alpha value is -1.82. The standard InChI is InChI=1S/C20H27BrN4O/c1-14-15(2)26-18(25-14)12-23-19(22-3)24-13-20(9-4-5-10-20)16-7-6-8-17(21)11-16/h6-8,11H,4-5,9-10,12-13H2,1-3H3,(H2,22,23,24). The Balaban J connectivity index is 1.64. The molecule has 0 unspecified atom stereocenters. The summed E-state index contributed by atoms with van der Waals surface area (Å²) >= 11 is 3.61. The van der Waals surface area contributed by atoms with Gasteiger partial charge in [-0.15, -0.1) is 0 Å². The second kappa shape index (κ2) is 8.25. The summed E-state index contributed by atoms with van der Waals surface area (Å²) in [6.45, 7) is 5.28. The minimum atomic E-state index is 0.164. The van der Waals surface area contributed by atoms with Crippen molar-refractivity contribution >= 4 is 21.9 Å². The molecule has 0 amide bonds. The van der Waals surface area contributed by atoms with Crippen LogP contribution in [-0.2, 0) is 12.0 Å². The number of benzene rings is 1. The molecule has 140 valence electrons. The minimum absolute atomic E-state index is 0.164. The molecule has 1 aromatic heterocycles. The summed E-state index contributed by atoms with van der Waals surface area (Å²) in [4.78, 5) is 8.76. The quantitative estimate of drug-likeness (QED) is 0.563. The van der Waals surface area contributed by atoms with Crippen molar-refractivity contribution < 1.29 is 4.42 Å². The van der Waals surface area contributed by atoms with Gasteiger partial charge in [0.25, 0.3) is 0 Å². The molecule has 26 heavy (non-hydrogen) atoms. The van der Waals surface area contributed by atoms with Gasteiger partial charge in [0, 0.05) is 23.5 Å². The van der Waals surface area contributed by atoms with Crippen molar-refractivity contribution in [3.8, 4) is 0 Å². The lowest BCUT2D eigenvalue weighted by Crippen LogP contribution is -2.44. The molecule has 0 bridgehead atoms. The van der Waals surface area contributed by atoms with Crippen molar-refractivity contribution in [1.29, 1.82) is 0 Å². The topological polar surface area (TPSA) is 62.5 Å². The predicted molar refractivity (Wildman–Crippen MR) is 108 cm³/mol. The lowest BCUT2D eigenvalue weighted by molar-refractivity contribution is 0.429. The van der Waals surface area contributed by atoms with Crippen molar-refractivity contribution in [2.24, 2.45) is 4.99 Å². The molecular weight excluding hydrogens is 392 g/mol. The molecule has 1 aliphatic rings. The van der Waals surface area contributed by atoms with Crippen molar-refractivity contribution in [3.63, 3.8) is 0 Å². The third kappa shape index (κ3) is 4.29. The Bertz CT molecular complexity index is 758. The van der Waals surface area contributed by atoms with Gasteiger partial charge in [0.2, 0.25) is 5.89 Å². The second-order valence-corrected chi connectivity index (χ2v) is 7.94. The van der Waals surface area contributed by atoms with E-state index in [4.69, 9.17) is 4.42 Å². The van der Waals surface area contributed by atoms with Crippen molar-refractivity contribution in [2.75, 3.05) is 13.6 Å². The van der Waals surface area contributed by atoms with Gasteiger partial charge in [0.1, 0.15) is 5.76 Å². The first-order valence-corrected chi connectivity index (χ1v) is 9.95. The predicted octanol–water partition coefficient (Wildman–Crippen LogP) is 4.23. The summed E-state index contributed by atoms with van der Waals surface area (Å²) in [7, 11) is 1.79. The van der Waals surface area contributed by atoms with Crippen LogP contribution in [0.3, 0.4) is 0 Å². The van der Waals surface area contributed by atoms with Crippen molar-refractivity contribution in [3.05, 3.63) is 51.6 Å². The summed E-state index contributed by atoms with van der Waals surface area (Å²) in [5.74, 6) is 2.33. The third-order valence-corrected chi connectivity index (χ3v) is 5.79. The molecule has 0 saturated heterocycles. The van der Waals surface area contributed by atoms with Gasteiger partial charge in [-0.25, -0.2) is 4.98 Å². The molecule has 5 nitrogen and oxygen atoms in total. The number of oxazole rings is 1. The van der Waals surface area contributed by atoms with Crippen LogP contribution in [0.15, 0.2) is 38.1 Å². The van der Waals surface area contributed by atoms with E-state index in [1.54, 1.807) is 7.05 Å². The summed E-state index contributed by atoms with van der Waals surface area (Å²) in [5.41, 5.74) is 2.49. The van der Waals surface area contributed by atoms with Crippen LogP contribution in [-0.4, -0.2) is 24.5 Å². The highest BCUT2D eigenvalue weighted by Crippen LogP contribution is 2.41. The van der Waals surface area contributed by atoms with E-state index >= 15 is 0 Å². The minimum Gasteiger partial charge on any atom is -0.444 e. The van der Waals surface area contributed by atoms with Gasteiger partial charge in [-0.05, 0) is 44.4 Å². The molecule has 0 radical (unpaired) electrons. The molecule has 2 N–H and O–H groups in total. The first-order chi connectivity index (χ1) is 12.5. The van der Waals surface area contributed by atoms with Gasteiger partial charge in [-0.1, -0.05) is 40.9 Å². The Morgan fingerprint density at radius 1 is 1.27 bits per heavy atom. The number of aryl methyl sites for hydroxylation is 2. The maximum absolute atomic E-state index is 5.63. The highest BCUT2D eigenvalue weighted by Gasteiger charge is 2.35. The average molecular weight is 419 g/mol. The Morgan fingerprint density at radius 2 is 2.04 bits per heavy atom. The molecule has 1 heterocycles. The lowest BCUT2D eigenvalue weighted by Gasteiger charge is -2.31. The Morgan fingerprint density at radius 3 is 2.65 bits per heavy atom. The molecule has 1 saturated carbocycles. The number of guanidine groups is 1. The maximum atomic E-state index is 5.63. The largest absolute Gasteiger partial charge is 0.444 e. The van der Waals surface area contributed by atoms with Crippen molar-refractivity contribution in [2.45, 2.75) is 51.5 Å². The molecule has 1 fully saturated rings. The van der Waals surface area contributed by atoms with E-state index in [1.807, 2.05) is 13.8 Å². The molecule has 0 atom stereocenters. The fourth-order valence-electron chi connectivity index (χ4n) is 3.69. The Labute approximate surface area is 163 Å². The summed E-state index contributed by atoms with van der Waals surface area (Å²) in [6.07, 6.45) is 4.95. The monoisotopic (exact) mass is 418 g/mol. The second-order valence-electron chi connectivity index (χ2n) is 7.03. The van der Waals surface area contributed by atoms with Gasteiger partial charge >= 0.3 is 0 Å². The molecular formula is C20H27BrN4O. The van der Waals surface area contributed by atoms with Crippen LogP contribution in [0.5, 0.6) is 0 Å². The van der Waals surface area contributed by atoms with Gasteiger partial charge in [0.05, 0.1) is 12.2 Å². The summed E-state index contributed by atoms with van der Waals surface area (Å²) < 4.78 is 6.77. The van der Waals surface area contributed by atoms with E-state index in [0.717, 1.165) is 28.4 Å². The molecule has 2 aromatic rings. The van der Waals surface area contributed by atoms with Gasteiger partial charge in [0.15, 0.2) is 5.96 Å². The number of nitrogens with zero attached hydrogens (tertiary/aromatic N) is 2. The molecule has 0 aliphatic heterocycles. The lowest BCUT2D eigenvalue weighted by atomic mass is 9.79. The van der Waals surface area contributed by atoms with Crippen LogP contribution in [0.25, 0.3) is 0 Å². The number of aromatic nitrogens is 1. The highest BCUT2D eigenvalue weighted by atomic mass is 79.9. The number of halogens is 1. The van der Waals surface area contributed by atoms with Gasteiger partial charge in [-0.2, -0.15) is 0 Å². The average Bonchev–Trinajstić information content (AvgIpc) is 3.23. The van der Waals surface area contributed by atoms with Crippen LogP contribution in [0.4, 0.5) is 0 Å². The molecule has 6 heteroatoms. The van der Waals surface area contributed by atoms with Crippen molar-refractivity contribution in [1.82, 2.24) is 15.6 Å². The van der Waals surface area contributed by atoms with E-state index in [9.17, 15) is 0 Å². The van der Waals surface area contributed by atoms with Crippen LogP contribution in [0.1, 0.15) is 48.6 Å². The van der Waals surface area contributed by atoms with Gasteiger partial charge in [-0.3, -0.25) is 4.99 Å². The first kappa shape index (κ1) is 19.0. The van der Waals surface area contributed by atoms with E-state index in [1.165, 1.54) is 31.2 Å². The highest BCUT2D eigenvalue weighted by molar-refractivity contribution is 9.10. The van der Waals surface area contributed by atoms with Crippen LogP contribution in [0.2, 0.25) is 0 Å². The zero-order chi connectivity index (χ0) is 18.6. The summed E-state index contributed by atoms with van der Waals surface area (Å²) in [6, 6.07) is 8.70.